The first-order chi connectivity index (χ1) is 8.74. The second kappa shape index (κ2) is 5.81. The van der Waals surface area contributed by atoms with Crippen LogP contribution in [-0.2, 0) is 0 Å². The van der Waals surface area contributed by atoms with E-state index in [1.54, 1.807) is 6.92 Å². The van der Waals surface area contributed by atoms with E-state index in [-0.39, 0.29) is 23.5 Å². The van der Waals surface area contributed by atoms with Crippen molar-refractivity contribution in [1.29, 1.82) is 0 Å². The maximum absolute atomic E-state index is 12.5. The first-order valence-corrected chi connectivity index (χ1v) is 5.75. The third-order valence-electron chi connectivity index (χ3n) is 2.49. The third kappa shape index (κ3) is 4.35. The topological polar surface area (TPSA) is 72.3 Å². The molecule has 0 saturated carbocycles. The van der Waals surface area contributed by atoms with Gasteiger partial charge in [0.2, 0.25) is 0 Å². The van der Waals surface area contributed by atoms with Gasteiger partial charge in [-0.05, 0) is 24.6 Å². The van der Waals surface area contributed by atoms with Crippen molar-refractivity contribution in [1.82, 2.24) is 0 Å². The van der Waals surface area contributed by atoms with Gasteiger partial charge in [-0.25, -0.2) is 0 Å². The number of anilines is 2. The maximum atomic E-state index is 12.5. The van der Waals surface area contributed by atoms with Crippen LogP contribution >= 0.6 is 0 Å². The predicted octanol–water partition coefficient (Wildman–Crippen LogP) is 2.15. The van der Waals surface area contributed by atoms with Gasteiger partial charge in [0.25, 0.3) is 5.91 Å². The minimum absolute atomic E-state index is 0.00213. The molecule has 0 aromatic heterocycles. The van der Waals surface area contributed by atoms with Crippen LogP contribution in [0.4, 0.5) is 24.5 Å². The Morgan fingerprint density at radius 1 is 1.37 bits per heavy atom. The number of amides is 1. The molecule has 1 aromatic rings. The van der Waals surface area contributed by atoms with Gasteiger partial charge >= 0.3 is 6.18 Å². The molecule has 0 aliphatic carbocycles. The van der Waals surface area contributed by atoms with E-state index in [1.165, 1.54) is 18.2 Å². The van der Waals surface area contributed by atoms with Crippen molar-refractivity contribution < 1.29 is 18.0 Å². The summed E-state index contributed by atoms with van der Waals surface area (Å²) in [4.78, 5) is 12.4. The molecule has 0 atom stereocenters. The lowest BCUT2D eigenvalue weighted by Gasteiger charge is -2.27. The molecule has 0 heterocycles. The van der Waals surface area contributed by atoms with Crippen LogP contribution in [0.3, 0.4) is 0 Å². The van der Waals surface area contributed by atoms with Gasteiger partial charge < -0.3 is 16.4 Å². The van der Waals surface area contributed by atoms with Gasteiger partial charge in [0.05, 0.1) is 5.56 Å². The Hall–Kier alpha value is -1.92. The van der Waals surface area contributed by atoms with Crippen LogP contribution in [0.5, 0.6) is 0 Å². The number of nitrogens with two attached hydrogens (primary N) is 2. The van der Waals surface area contributed by atoms with Crippen molar-refractivity contribution in [3.8, 4) is 0 Å². The van der Waals surface area contributed by atoms with E-state index in [2.05, 4.69) is 0 Å². The molecule has 4 N–H and O–H groups in total. The molecule has 0 aliphatic rings. The Bertz CT molecular complexity index is 460. The summed E-state index contributed by atoms with van der Waals surface area (Å²) >= 11 is 0. The molecular weight excluding hydrogens is 259 g/mol. The highest BCUT2D eigenvalue weighted by molar-refractivity contribution is 5.99. The Balaban J connectivity index is 3.18. The highest BCUT2D eigenvalue weighted by Gasteiger charge is 2.31. The van der Waals surface area contributed by atoms with Crippen molar-refractivity contribution in [2.75, 3.05) is 23.7 Å². The molecular formula is C12H16F3N3O. The molecule has 0 spiro atoms. The summed E-state index contributed by atoms with van der Waals surface area (Å²) in [7, 11) is 0. The fraction of sp³-hybridized carbons (Fsp3) is 0.417. The molecule has 0 saturated heterocycles. The standard InChI is InChI=1S/C12H16F3N3O/c1-2-5-18(7-12(13,14)15)10-4-3-8(16)6-9(10)11(17)19/h3-4,6H,2,5,7,16H2,1H3,(H2,17,19). The number of carbonyl (C=O) groups is 1. The van der Waals surface area contributed by atoms with E-state index in [0.29, 0.717) is 6.42 Å². The Morgan fingerprint density at radius 3 is 2.47 bits per heavy atom. The second-order valence-corrected chi connectivity index (χ2v) is 4.18. The number of carbonyl (C=O) groups excluding carboxylic acids is 1. The van der Waals surface area contributed by atoms with Crippen LogP contribution in [0.25, 0.3) is 0 Å². The van der Waals surface area contributed by atoms with Crippen LogP contribution in [0.2, 0.25) is 0 Å². The molecule has 7 heteroatoms. The van der Waals surface area contributed by atoms with Crippen molar-refractivity contribution in [2.45, 2.75) is 19.5 Å². The summed E-state index contributed by atoms with van der Waals surface area (Å²) in [5.41, 5.74) is 11.1. The lowest BCUT2D eigenvalue weighted by atomic mass is 10.1. The Labute approximate surface area is 109 Å². The number of hydrogen-bond donors (Lipinski definition) is 2. The number of alkyl halides is 3. The number of benzene rings is 1. The van der Waals surface area contributed by atoms with Gasteiger partial charge in [-0.15, -0.1) is 0 Å². The van der Waals surface area contributed by atoms with Crippen molar-refractivity contribution in [3.05, 3.63) is 23.8 Å². The predicted molar refractivity (Wildman–Crippen MR) is 67.9 cm³/mol. The minimum Gasteiger partial charge on any atom is -0.399 e. The van der Waals surface area contributed by atoms with Crippen LogP contribution in [-0.4, -0.2) is 25.2 Å². The number of nitrogens with zero attached hydrogens (tertiary/aromatic N) is 1. The smallest absolute Gasteiger partial charge is 0.399 e. The van der Waals surface area contributed by atoms with Crippen LogP contribution in [0.1, 0.15) is 23.7 Å². The van der Waals surface area contributed by atoms with Crippen molar-refractivity contribution >= 4 is 17.3 Å². The fourth-order valence-corrected chi connectivity index (χ4v) is 1.80. The first kappa shape index (κ1) is 15.1. The van der Waals surface area contributed by atoms with Gasteiger partial charge in [-0.2, -0.15) is 13.2 Å². The average Bonchev–Trinajstić information content (AvgIpc) is 2.26. The largest absolute Gasteiger partial charge is 0.405 e. The zero-order valence-corrected chi connectivity index (χ0v) is 10.5. The van der Waals surface area contributed by atoms with Crippen LogP contribution in [0, 0.1) is 0 Å². The molecule has 4 nitrogen and oxygen atoms in total. The summed E-state index contributed by atoms with van der Waals surface area (Å²) in [5, 5.41) is 0. The highest BCUT2D eigenvalue weighted by atomic mass is 19.4. The molecule has 0 fully saturated rings. The minimum atomic E-state index is -4.36. The van der Waals surface area contributed by atoms with E-state index in [9.17, 15) is 18.0 Å². The van der Waals surface area contributed by atoms with Gasteiger partial charge in [-0.1, -0.05) is 6.92 Å². The fourth-order valence-electron chi connectivity index (χ4n) is 1.80. The lowest BCUT2D eigenvalue weighted by molar-refractivity contribution is -0.119. The van der Waals surface area contributed by atoms with E-state index in [0.717, 1.165) is 4.90 Å². The number of primary amides is 1. The van der Waals surface area contributed by atoms with Crippen molar-refractivity contribution in [3.63, 3.8) is 0 Å². The molecule has 1 amide bonds. The van der Waals surface area contributed by atoms with E-state index in [4.69, 9.17) is 11.5 Å². The zero-order valence-electron chi connectivity index (χ0n) is 10.5. The average molecular weight is 275 g/mol. The lowest BCUT2D eigenvalue weighted by Crippen LogP contribution is -2.36. The molecule has 0 bridgehead atoms. The third-order valence-corrected chi connectivity index (χ3v) is 2.49. The molecule has 106 valence electrons. The van der Waals surface area contributed by atoms with Gasteiger partial charge in [0, 0.05) is 17.9 Å². The normalized spacial score (nSPS) is 11.4. The van der Waals surface area contributed by atoms with E-state index >= 15 is 0 Å². The summed E-state index contributed by atoms with van der Waals surface area (Å²) in [6.07, 6.45) is -3.84. The Morgan fingerprint density at radius 2 is 2.00 bits per heavy atom. The van der Waals surface area contributed by atoms with Gasteiger partial charge in [-0.3, -0.25) is 4.79 Å². The number of hydrogen-bond acceptors (Lipinski definition) is 3. The summed E-state index contributed by atoms with van der Waals surface area (Å²) in [6.45, 7) is 0.791. The van der Waals surface area contributed by atoms with E-state index in [1.807, 2.05) is 0 Å². The quantitative estimate of drug-likeness (QED) is 0.809. The first-order valence-electron chi connectivity index (χ1n) is 5.75. The summed E-state index contributed by atoms with van der Waals surface area (Å²) in [5.74, 6) is -0.800. The van der Waals surface area contributed by atoms with Gasteiger partial charge in [0.1, 0.15) is 6.54 Å². The summed E-state index contributed by atoms with van der Waals surface area (Å²) in [6, 6.07) is 4.12. The molecule has 0 unspecified atom stereocenters. The molecule has 1 rings (SSSR count). The monoisotopic (exact) mass is 275 g/mol. The number of rotatable bonds is 5. The van der Waals surface area contributed by atoms with Crippen molar-refractivity contribution in [2.24, 2.45) is 5.73 Å². The van der Waals surface area contributed by atoms with Gasteiger partial charge in [0.15, 0.2) is 0 Å². The second-order valence-electron chi connectivity index (χ2n) is 4.18. The maximum Gasteiger partial charge on any atom is 0.405 e. The summed E-state index contributed by atoms with van der Waals surface area (Å²) < 4.78 is 37.6. The molecule has 19 heavy (non-hydrogen) atoms. The molecule has 0 aliphatic heterocycles. The molecule has 1 aromatic carbocycles. The zero-order chi connectivity index (χ0) is 14.6. The highest BCUT2D eigenvalue weighted by Crippen LogP contribution is 2.27. The Kier molecular flexibility index (Phi) is 4.63. The SMILES string of the molecule is CCCN(CC(F)(F)F)c1ccc(N)cc1C(N)=O. The molecule has 0 radical (unpaired) electrons. The van der Waals surface area contributed by atoms with Crippen LogP contribution < -0.4 is 16.4 Å². The van der Waals surface area contributed by atoms with E-state index < -0.39 is 18.6 Å². The van der Waals surface area contributed by atoms with Crippen LogP contribution in [0.15, 0.2) is 18.2 Å². The number of nitrogen functional groups attached to an aromatic ring is 1. The number of halogens is 3.